The number of hydrogen-bond donors (Lipinski definition) is 1. The van der Waals surface area contributed by atoms with E-state index in [9.17, 15) is 0 Å². The van der Waals surface area contributed by atoms with Crippen molar-refractivity contribution < 1.29 is 9.47 Å². The van der Waals surface area contributed by atoms with Crippen LogP contribution >= 0.6 is 0 Å². The summed E-state index contributed by atoms with van der Waals surface area (Å²) in [5, 5.41) is 0. The standard InChI is InChI=1S/C21H31N3O2/c1-2-25-18-14-16-17(23-20(22)21(16)8-3-4-9-21)15-19(18)26-13-7-12-24-10-5-6-11-24/h14-15H,2-13H2,1H3,(H2,22,23). The third-order valence-electron chi connectivity index (χ3n) is 6.14. The Labute approximate surface area is 156 Å². The minimum atomic E-state index is -0.0601. The van der Waals surface area contributed by atoms with E-state index in [2.05, 4.69) is 11.0 Å². The van der Waals surface area contributed by atoms with Crippen molar-refractivity contribution >= 4 is 11.5 Å². The molecule has 5 heteroatoms. The summed E-state index contributed by atoms with van der Waals surface area (Å²) in [4.78, 5) is 7.21. The van der Waals surface area contributed by atoms with Gasteiger partial charge in [0.05, 0.1) is 24.3 Å². The molecule has 1 aliphatic carbocycles. The maximum Gasteiger partial charge on any atom is 0.163 e. The molecule has 0 atom stereocenters. The molecule has 1 aromatic carbocycles. The van der Waals surface area contributed by atoms with Gasteiger partial charge in [0.1, 0.15) is 5.84 Å². The van der Waals surface area contributed by atoms with Crippen LogP contribution in [-0.2, 0) is 5.41 Å². The van der Waals surface area contributed by atoms with Crippen LogP contribution in [-0.4, -0.2) is 43.6 Å². The SMILES string of the molecule is CCOc1cc2c(cc1OCCCN1CCCC1)N=C(N)C21CCCC1. The molecule has 26 heavy (non-hydrogen) atoms. The van der Waals surface area contributed by atoms with Crippen molar-refractivity contribution in [1.82, 2.24) is 4.90 Å². The van der Waals surface area contributed by atoms with Crippen molar-refractivity contribution in [2.75, 3.05) is 32.8 Å². The van der Waals surface area contributed by atoms with Crippen molar-refractivity contribution in [3.05, 3.63) is 17.7 Å². The van der Waals surface area contributed by atoms with E-state index < -0.39 is 0 Å². The van der Waals surface area contributed by atoms with Crippen LogP contribution in [0.5, 0.6) is 11.5 Å². The lowest BCUT2D eigenvalue weighted by Crippen LogP contribution is -2.35. The fraction of sp³-hybridized carbons (Fsp3) is 0.667. The highest BCUT2D eigenvalue weighted by atomic mass is 16.5. The summed E-state index contributed by atoms with van der Waals surface area (Å²) >= 11 is 0. The van der Waals surface area contributed by atoms with Gasteiger partial charge >= 0.3 is 0 Å². The van der Waals surface area contributed by atoms with Crippen LogP contribution in [0.25, 0.3) is 0 Å². The van der Waals surface area contributed by atoms with Gasteiger partial charge in [-0.25, -0.2) is 4.99 Å². The molecule has 2 N–H and O–H groups in total. The first-order valence-corrected chi connectivity index (χ1v) is 10.2. The smallest absolute Gasteiger partial charge is 0.163 e. The van der Waals surface area contributed by atoms with Crippen LogP contribution in [0.15, 0.2) is 17.1 Å². The van der Waals surface area contributed by atoms with Gasteiger partial charge < -0.3 is 20.1 Å². The second-order valence-corrected chi connectivity index (χ2v) is 7.79. The van der Waals surface area contributed by atoms with Gasteiger partial charge in [0.2, 0.25) is 0 Å². The van der Waals surface area contributed by atoms with Crippen LogP contribution in [0.4, 0.5) is 5.69 Å². The Balaban J connectivity index is 1.49. The van der Waals surface area contributed by atoms with E-state index in [1.165, 1.54) is 44.3 Å². The molecule has 1 saturated carbocycles. The minimum Gasteiger partial charge on any atom is -0.490 e. The van der Waals surface area contributed by atoms with E-state index in [4.69, 9.17) is 20.2 Å². The van der Waals surface area contributed by atoms with Crippen molar-refractivity contribution in [3.8, 4) is 11.5 Å². The van der Waals surface area contributed by atoms with Gasteiger partial charge in [0, 0.05) is 12.6 Å². The number of fused-ring (bicyclic) bond motifs is 2. The largest absolute Gasteiger partial charge is 0.490 e. The molecule has 5 nitrogen and oxygen atoms in total. The molecular formula is C21H31N3O2. The lowest BCUT2D eigenvalue weighted by Gasteiger charge is -2.25. The molecule has 2 fully saturated rings. The molecule has 2 heterocycles. The Morgan fingerprint density at radius 3 is 2.54 bits per heavy atom. The molecule has 0 aromatic heterocycles. The van der Waals surface area contributed by atoms with Gasteiger partial charge in [-0.3, -0.25) is 0 Å². The van der Waals surface area contributed by atoms with E-state index in [0.717, 1.165) is 48.8 Å². The number of likely N-dealkylation sites (tertiary alicyclic amines) is 1. The number of hydrogen-bond acceptors (Lipinski definition) is 5. The highest BCUT2D eigenvalue weighted by molar-refractivity contribution is 6.00. The minimum absolute atomic E-state index is 0.0601. The number of nitrogens with zero attached hydrogens (tertiary/aromatic N) is 2. The molecule has 3 aliphatic rings. The van der Waals surface area contributed by atoms with Crippen LogP contribution < -0.4 is 15.2 Å². The lowest BCUT2D eigenvalue weighted by atomic mass is 9.79. The van der Waals surface area contributed by atoms with E-state index in [0.29, 0.717) is 13.2 Å². The van der Waals surface area contributed by atoms with E-state index >= 15 is 0 Å². The number of benzene rings is 1. The summed E-state index contributed by atoms with van der Waals surface area (Å²) in [6.45, 7) is 6.94. The maximum atomic E-state index is 6.35. The molecule has 0 unspecified atom stereocenters. The van der Waals surface area contributed by atoms with Gasteiger partial charge in [-0.15, -0.1) is 0 Å². The third-order valence-corrected chi connectivity index (χ3v) is 6.14. The predicted molar refractivity (Wildman–Crippen MR) is 105 cm³/mol. The van der Waals surface area contributed by atoms with E-state index in [-0.39, 0.29) is 5.41 Å². The van der Waals surface area contributed by atoms with Crippen molar-refractivity contribution in [3.63, 3.8) is 0 Å². The highest BCUT2D eigenvalue weighted by Gasteiger charge is 2.45. The zero-order valence-electron chi connectivity index (χ0n) is 15.9. The van der Waals surface area contributed by atoms with Crippen molar-refractivity contribution in [2.45, 2.75) is 57.3 Å². The fourth-order valence-electron chi connectivity index (χ4n) is 4.76. The fourth-order valence-corrected chi connectivity index (χ4v) is 4.76. The average Bonchev–Trinajstić information content (AvgIpc) is 3.37. The Morgan fingerprint density at radius 2 is 1.81 bits per heavy atom. The molecule has 0 bridgehead atoms. The molecule has 4 rings (SSSR count). The Morgan fingerprint density at radius 1 is 1.08 bits per heavy atom. The molecule has 1 saturated heterocycles. The number of nitrogens with two attached hydrogens (primary N) is 1. The highest BCUT2D eigenvalue weighted by Crippen LogP contribution is 2.52. The molecule has 142 valence electrons. The van der Waals surface area contributed by atoms with Gasteiger partial charge in [-0.05, 0) is 63.7 Å². The van der Waals surface area contributed by atoms with Crippen LogP contribution in [0.2, 0.25) is 0 Å². The van der Waals surface area contributed by atoms with Crippen molar-refractivity contribution in [1.29, 1.82) is 0 Å². The predicted octanol–water partition coefficient (Wildman–Crippen LogP) is 3.76. The summed E-state index contributed by atoms with van der Waals surface area (Å²) in [7, 11) is 0. The van der Waals surface area contributed by atoms with Crippen LogP contribution in [0.1, 0.15) is 57.4 Å². The van der Waals surface area contributed by atoms with Gasteiger partial charge in [-0.2, -0.15) is 0 Å². The van der Waals surface area contributed by atoms with Gasteiger partial charge in [0.15, 0.2) is 11.5 Å². The second kappa shape index (κ2) is 7.47. The summed E-state index contributed by atoms with van der Waals surface area (Å²) in [5.41, 5.74) is 8.50. The van der Waals surface area contributed by atoms with Gasteiger partial charge in [-0.1, -0.05) is 12.8 Å². The molecular weight excluding hydrogens is 326 g/mol. The third kappa shape index (κ3) is 3.18. The second-order valence-electron chi connectivity index (χ2n) is 7.79. The molecule has 2 aliphatic heterocycles. The topological polar surface area (TPSA) is 60.1 Å². The number of rotatable bonds is 7. The first-order valence-electron chi connectivity index (χ1n) is 10.2. The number of aliphatic imine (C=N–C) groups is 1. The summed E-state index contributed by atoms with van der Waals surface area (Å²) in [6, 6.07) is 4.18. The molecule has 1 spiro atoms. The molecule has 1 aromatic rings. The normalized spacial score (nSPS) is 21.2. The van der Waals surface area contributed by atoms with Crippen LogP contribution in [0.3, 0.4) is 0 Å². The molecule has 0 radical (unpaired) electrons. The maximum absolute atomic E-state index is 6.35. The Bertz CT molecular complexity index is 674. The average molecular weight is 357 g/mol. The summed E-state index contributed by atoms with van der Waals surface area (Å²) in [5.74, 6) is 2.42. The first kappa shape index (κ1) is 17.7. The molecule has 0 amide bonds. The lowest BCUT2D eigenvalue weighted by molar-refractivity contribution is 0.247. The van der Waals surface area contributed by atoms with E-state index in [1.807, 2.05) is 13.0 Å². The monoisotopic (exact) mass is 357 g/mol. The summed E-state index contributed by atoms with van der Waals surface area (Å²) < 4.78 is 12.0. The zero-order valence-corrected chi connectivity index (χ0v) is 15.9. The first-order chi connectivity index (χ1) is 12.7. The number of amidine groups is 1. The van der Waals surface area contributed by atoms with E-state index in [1.54, 1.807) is 0 Å². The number of ether oxygens (including phenoxy) is 2. The van der Waals surface area contributed by atoms with Crippen molar-refractivity contribution in [2.24, 2.45) is 10.7 Å². The van der Waals surface area contributed by atoms with Gasteiger partial charge in [0.25, 0.3) is 0 Å². The quantitative estimate of drug-likeness (QED) is 0.755. The Kier molecular flexibility index (Phi) is 5.07. The zero-order chi connectivity index (χ0) is 18.0. The van der Waals surface area contributed by atoms with Crippen LogP contribution in [0, 0.1) is 0 Å². The Hall–Kier alpha value is -1.75. The summed E-state index contributed by atoms with van der Waals surface area (Å²) in [6.07, 6.45) is 8.33.